The Hall–Kier alpha value is -2.14. The summed E-state index contributed by atoms with van der Waals surface area (Å²) in [5, 5.41) is 13.2. The van der Waals surface area contributed by atoms with Crippen LogP contribution in [0.3, 0.4) is 0 Å². The normalized spacial score (nSPS) is 10.2. The molecule has 1 aromatic heterocycles. The van der Waals surface area contributed by atoms with E-state index in [4.69, 9.17) is 5.11 Å². The number of aromatic carboxylic acids is 1. The van der Waals surface area contributed by atoms with E-state index in [1.807, 2.05) is 19.1 Å². The van der Waals surface area contributed by atoms with Gasteiger partial charge in [-0.25, -0.2) is 4.79 Å². The summed E-state index contributed by atoms with van der Waals surface area (Å²) in [6.07, 6.45) is 0.912. The lowest BCUT2D eigenvalue weighted by Gasteiger charge is -2.05. The summed E-state index contributed by atoms with van der Waals surface area (Å²) in [4.78, 5) is 23.1. The highest BCUT2D eigenvalue weighted by Gasteiger charge is 2.14. The van der Waals surface area contributed by atoms with E-state index in [0.717, 1.165) is 23.3 Å². The Bertz CT molecular complexity index is 601. The minimum atomic E-state index is -1.04. The Morgan fingerprint density at radius 2 is 1.89 bits per heavy atom. The number of carboxylic acids is 1. The first-order chi connectivity index (χ1) is 9.11. The van der Waals surface area contributed by atoms with Gasteiger partial charge in [0.1, 0.15) is 4.88 Å². The zero-order chi connectivity index (χ0) is 13.8. The van der Waals surface area contributed by atoms with Crippen LogP contribution in [0, 0.1) is 0 Å². The lowest BCUT2D eigenvalue weighted by Crippen LogP contribution is -2.13. The number of thiophene rings is 1. The van der Waals surface area contributed by atoms with Crippen LogP contribution in [0.5, 0.6) is 0 Å². The SMILES string of the molecule is CCc1ccc(C(=O)Nc2ccsc2C(=O)O)cc1. The fraction of sp³-hybridized carbons (Fsp3) is 0.143. The number of carbonyl (C=O) groups excluding carboxylic acids is 1. The van der Waals surface area contributed by atoms with E-state index < -0.39 is 5.97 Å². The Balaban J connectivity index is 2.16. The van der Waals surface area contributed by atoms with Crippen LogP contribution < -0.4 is 5.32 Å². The van der Waals surface area contributed by atoms with Gasteiger partial charge >= 0.3 is 5.97 Å². The Kier molecular flexibility index (Phi) is 3.97. The van der Waals surface area contributed by atoms with Crippen LogP contribution in [0.1, 0.15) is 32.5 Å². The van der Waals surface area contributed by atoms with Gasteiger partial charge in [0.15, 0.2) is 0 Å². The number of aryl methyl sites for hydroxylation is 1. The van der Waals surface area contributed by atoms with Gasteiger partial charge in [-0.1, -0.05) is 19.1 Å². The van der Waals surface area contributed by atoms with Crippen molar-refractivity contribution >= 4 is 28.9 Å². The summed E-state index contributed by atoms with van der Waals surface area (Å²) in [6, 6.07) is 8.84. The van der Waals surface area contributed by atoms with Crippen LogP contribution in [0.25, 0.3) is 0 Å². The molecule has 1 heterocycles. The molecule has 0 spiro atoms. The van der Waals surface area contributed by atoms with Crippen molar-refractivity contribution in [3.05, 3.63) is 51.7 Å². The predicted molar refractivity (Wildman–Crippen MR) is 75.1 cm³/mol. The minimum absolute atomic E-state index is 0.138. The maximum absolute atomic E-state index is 12.0. The maximum atomic E-state index is 12.0. The predicted octanol–water partition coefficient (Wildman–Crippen LogP) is 3.26. The molecular formula is C14H13NO3S. The van der Waals surface area contributed by atoms with Crippen molar-refractivity contribution in [3.63, 3.8) is 0 Å². The van der Waals surface area contributed by atoms with E-state index in [1.165, 1.54) is 0 Å². The standard InChI is InChI=1S/C14H13NO3S/c1-2-9-3-5-10(6-4-9)13(16)15-11-7-8-19-12(11)14(17)18/h3-8H,2H2,1H3,(H,15,16)(H,17,18). The third kappa shape index (κ3) is 3.00. The molecule has 0 unspecified atom stereocenters. The van der Waals surface area contributed by atoms with Crippen LogP contribution in [-0.4, -0.2) is 17.0 Å². The molecule has 2 aromatic rings. The number of carbonyl (C=O) groups is 2. The van der Waals surface area contributed by atoms with Crippen molar-refractivity contribution in [2.24, 2.45) is 0 Å². The van der Waals surface area contributed by atoms with Gasteiger partial charge in [-0.2, -0.15) is 0 Å². The summed E-state index contributed by atoms with van der Waals surface area (Å²) in [7, 11) is 0. The maximum Gasteiger partial charge on any atom is 0.348 e. The molecule has 0 saturated carbocycles. The summed E-state index contributed by atoms with van der Waals surface area (Å²) in [6.45, 7) is 2.04. The average molecular weight is 275 g/mol. The summed E-state index contributed by atoms with van der Waals surface area (Å²) < 4.78 is 0. The van der Waals surface area contributed by atoms with E-state index in [-0.39, 0.29) is 10.8 Å². The first kappa shape index (κ1) is 13.3. The number of benzene rings is 1. The number of nitrogens with one attached hydrogen (secondary N) is 1. The third-order valence-electron chi connectivity index (χ3n) is 2.73. The number of hydrogen-bond donors (Lipinski definition) is 2. The fourth-order valence-electron chi connectivity index (χ4n) is 1.66. The van der Waals surface area contributed by atoms with Gasteiger partial charge in [-0.05, 0) is 35.6 Å². The lowest BCUT2D eigenvalue weighted by molar-refractivity contribution is 0.0703. The second-order valence-corrected chi connectivity index (χ2v) is 4.89. The van der Waals surface area contributed by atoms with Crippen LogP contribution in [0.15, 0.2) is 35.7 Å². The summed E-state index contributed by atoms with van der Waals surface area (Å²) in [5.74, 6) is -1.34. The molecule has 0 atom stereocenters. The first-order valence-corrected chi connectivity index (χ1v) is 6.71. The zero-order valence-electron chi connectivity index (χ0n) is 10.3. The number of hydrogen-bond acceptors (Lipinski definition) is 3. The van der Waals surface area contributed by atoms with E-state index in [9.17, 15) is 9.59 Å². The molecule has 0 radical (unpaired) electrons. The van der Waals surface area contributed by atoms with E-state index in [1.54, 1.807) is 23.6 Å². The minimum Gasteiger partial charge on any atom is -0.477 e. The molecule has 2 N–H and O–H groups in total. The van der Waals surface area contributed by atoms with Gasteiger partial charge in [-0.3, -0.25) is 4.79 Å². The van der Waals surface area contributed by atoms with E-state index >= 15 is 0 Å². The summed E-state index contributed by atoms with van der Waals surface area (Å²) in [5.41, 5.74) is 2.00. The molecule has 0 saturated heterocycles. The zero-order valence-corrected chi connectivity index (χ0v) is 11.2. The second kappa shape index (κ2) is 5.67. The molecule has 98 valence electrons. The van der Waals surface area contributed by atoms with Crippen molar-refractivity contribution in [2.75, 3.05) is 5.32 Å². The molecule has 1 aromatic carbocycles. The average Bonchev–Trinajstić information content (AvgIpc) is 2.87. The fourth-order valence-corrected chi connectivity index (χ4v) is 2.35. The largest absolute Gasteiger partial charge is 0.477 e. The van der Waals surface area contributed by atoms with Gasteiger partial charge in [0, 0.05) is 5.56 Å². The molecule has 0 aliphatic heterocycles. The van der Waals surface area contributed by atoms with Crippen molar-refractivity contribution in [2.45, 2.75) is 13.3 Å². The molecule has 1 amide bonds. The number of carboxylic acid groups (broad SMARTS) is 1. The molecule has 0 bridgehead atoms. The van der Waals surface area contributed by atoms with Gasteiger partial charge in [0.25, 0.3) is 5.91 Å². The van der Waals surface area contributed by atoms with Gasteiger partial charge in [0.05, 0.1) is 5.69 Å². The third-order valence-corrected chi connectivity index (χ3v) is 3.63. The number of rotatable bonds is 4. The molecule has 5 heteroatoms. The summed E-state index contributed by atoms with van der Waals surface area (Å²) >= 11 is 1.09. The van der Waals surface area contributed by atoms with Crippen LogP contribution in [0.4, 0.5) is 5.69 Å². The van der Waals surface area contributed by atoms with Gasteiger partial charge < -0.3 is 10.4 Å². The highest BCUT2D eigenvalue weighted by Crippen LogP contribution is 2.22. The molecule has 4 nitrogen and oxygen atoms in total. The Morgan fingerprint density at radius 3 is 2.47 bits per heavy atom. The first-order valence-electron chi connectivity index (χ1n) is 5.83. The lowest BCUT2D eigenvalue weighted by atomic mass is 10.1. The Labute approximate surface area is 114 Å². The molecule has 0 fully saturated rings. The van der Waals surface area contributed by atoms with E-state index in [2.05, 4.69) is 5.32 Å². The molecule has 19 heavy (non-hydrogen) atoms. The molecule has 2 rings (SSSR count). The second-order valence-electron chi connectivity index (χ2n) is 3.97. The quantitative estimate of drug-likeness (QED) is 0.900. The van der Waals surface area contributed by atoms with Crippen LogP contribution in [-0.2, 0) is 6.42 Å². The van der Waals surface area contributed by atoms with Crippen LogP contribution in [0.2, 0.25) is 0 Å². The number of anilines is 1. The van der Waals surface area contributed by atoms with Crippen molar-refractivity contribution in [3.8, 4) is 0 Å². The molecule has 0 aliphatic rings. The number of amides is 1. The van der Waals surface area contributed by atoms with Gasteiger partial charge in [0.2, 0.25) is 0 Å². The topological polar surface area (TPSA) is 66.4 Å². The molecule has 0 aliphatic carbocycles. The highest BCUT2D eigenvalue weighted by molar-refractivity contribution is 7.12. The van der Waals surface area contributed by atoms with E-state index in [0.29, 0.717) is 11.3 Å². The van der Waals surface area contributed by atoms with Gasteiger partial charge in [-0.15, -0.1) is 11.3 Å². The monoisotopic (exact) mass is 275 g/mol. The van der Waals surface area contributed by atoms with Crippen molar-refractivity contribution in [1.82, 2.24) is 0 Å². The smallest absolute Gasteiger partial charge is 0.348 e. The molecular weight excluding hydrogens is 262 g/mol. The Morgan fingerprint density at radius 1 is 1.21 bits per heavy atom. The van der Waals surface area contributed by atoms with Crippen molar-refractivity contribution in [1.29, 1.82) is 0 Å². The van der Waals surface area contributed by atoms with Crippen molar-refractivity contribution < 1.29 is 14.7 Å². The van der Waals surface area contributed by atoms with Crippen LogP contribution >= 0.6 is 11.3 Å². The highest BCUT2D eigenvalue weighted by atomic mass is 32.1.